The molecule has 2 atom stereocenters. The maximum atomic E-state index is 12.4. The molecule has 0 bridgehead atoms. The molecule has 0 spiro atoms. The molecule has 0 radical (unpaired) electrons. The lowest BCUT2D eigenvalue weighted by Crippen LogP contribution is -2.33. The minimum absolute atomic E-state index is 0.0886. The Morgan fingerprint density at radius 1 is 1.00 bits per heavy atom. The first-order chi connectivity index (χ1) is 12.4. The summed E-state index contributed by atoms with van der Waals surface area (Å²) in [5, 5.41) is 2.64. The van der Waals surface area contributed by atoms with E-state index >= 15 is 0 Å². The Hall–Kier alpha value is -2.28. The third-order valence-electron chi connectivity index (χ3n) is 3.71. The standard InChI is InChI=1S/C19H21F2NO3S/c1-12(14-4-6-16(7-5-14)25-19(20)21)22-18(23)13(2)26-17-10-8-15(24-3)9-11-17/h4-13,19H,1-3H3,(H,22,23). The Kier molecular flexibility index (Phi) is 7.26. The summed E-state index contributed by atoms with van der Waals surface area (Å²) in [6.45, 7) is 0.816. The number of amides is 1. The number of hydrogen-bond donors (Lipinski definition) is 1. The van der Waals surface area contributed by atoms with Crippen molar-refractivity contribution >= 4 is 17.7 Å². The Morgan fingerprint density at radius 3 is 2.12 bits per heavy atom. The number of thioether (sulfide) groups is 1. The topological polar surface area (TPSA) is 47.6 Å². The summed E-state index contributed by atoms with van der Waals surface area (Å²) in [6, 6.07) is 13.5. The van der Waals surface area contributed by atoms with Crippen molar-refractivity contribution in [3.8, 4) is 11.5 Å². The van der Waals surface area contributed by atoms with Crippen molar-refractivity contribution in [2.75, 3.05) is 7.11 Å². The van der Waals surface area contributed by atoms with Gasteiger partial charge in [-0.15, -0.1) is 11.8 Å². The minimum atomic E-state index is -2.85. The van der Waals surface area contributed by atoms with E-state index in [0.717, 1.165) is 16.2 Å². The van der Waals surface area contributed by atoms with E-state index in [1.54, 1.807) is 19.2 Å². The Morgan fingerprint density at radius 2 is 1.58 bits per heavy atom. The van der Waals surface area contributed by atoms with Crippen LogP contribution >= 0.6 is 11.8 Å². The zero-order chi connectivity index (χ0) is 19.1. The van der Waals surface area contributed by atoms with Crippen LogP contribution < -0.4 is 14.8 Å². The van der Waals surface area contributed by atoms with Gasteiger partial charge in [0.05, 0.1) is 18.4 Å². The molecular formula is C19H21F2NO3S. The smallest absolute Gasteiger partial charge is 0.387 e. The van der Waals surface area contributed by atoms with Crippen molar-refractivity contribution in [3.05, 3.63) is 54.1 Å². The molecule has 26 heavy (non-hydrogen) atoms. The monoisotopic (exact) mass is 381 g/mol. The number of alkyl halides is 2. The highest BCUT2D eigenvalue weighted by Gasteiger charge is 2.17. The number of methoxy groups -OCH3 is 1. The summed E-state index contributed by atoms with van der Waals surface area (Å²) in [7, 11) is 1.60. The third kappa shape index (κ3) is 5.91. The van der Waals surface area contributed by atoms with Crippen molar-refractivity contribution in [1.29, 1.82) is 0 Å². The van der Waals surface area contributed by atoms with E-state index in [1.165, 1.54) is 23.9 Å². The molecule has 0 saturated heterocycles. The van der Waals surface area contributed by atoms with E-state index in [9.17, 15) is 13.6 Å². The molecule has 0 aromatic heterocycles. The van der Waals surface area contributed by atoms with Crippen LogP contribution in [0.1, 0.15) is 25.5 Å². The van der Waals surface area contributed by atoms with Gasteiger partial charge in [-0.3, -0.25) is 4.79 Å². The molecule has 2 unspecified atom stereocenters. The molecule has 7 heteroatoms. The molecule has 4 nitrogen and oxygen atoms in total. The van der Waals surface area contributed by atoms with E-state index in [1.807, 2.05) is 38.1 Å². The highest BCUT2D eigenvalue weighted by Crippen LogP contribution is 2.26. The molecular weight excluding hydrogens is 360 g/mol. The first kappa shape index (κ1) is 20.0. The number of hydrogen-bond acceptors (Lipinski definition) is 4. The number of ether oxygens (including phenoxy) is 2. The van der Waals surface area contributed by atoms with Crippen molar-refractivity contribution in [3.63, 3.8) is 0 Å². The van der Waals surface area contributed by atoms with Crippen molar-refractivity contribution in [2.24, 2.45) is 0 Å². The largest absolute Gasteiger partial charge is 0.497 e. The highest BCUT2D eigenvalue weighted by atomic mass is 32.2. The van der Waals surface area contributed by atoms with Gasteiger partial charge >= 0.3 is 6.61 Å². The predicted octanol–water partition coefficient (Wildman–Crippen LogP) is 4.65. The fraction of sp³-hybridized carbons (Fsp3) is 0.316. The van der Waals surface area contributed by atoms with E-state index in [4.69, 9.17) is 4.74 Å². The molecule has 0 aliphatic heterocycles. The van der Waals surface area contributed by atoms with Crippen LogP contribution in [0.3, 0.4) is 0 Å². The second-order valence-electron chi connectivity index (χ2n) is 5.61. The summed E-state index contributed by atoms with van der Waals surface area (Å²) in [6.07, 6.45) is 0. The summed E-state index contributed by atoms with van der Waals surface area (Å²) in [4.78, 5) is 13.4. The quantitative estimate of drug-likeness (QED) is 0.676. The SMILES string of the molecule is COc1ccc(SC(C)C(=O)NC(C)c2ccc(OC(F)F)cc2)cc1. The van der Waals surface area contributed by atoms with Crippen LogP contribution in [-0.4, -0.2) is 24.9 Å². The van der Waals surface area contributed by atoms with E-state index in [0.29, 0.717) is 0 Å². The van der Waals surface area contributed by atoms with Gasteiger partial charge in [0.2, 0.25) is 5.91 Å². The van der Waals surface area contributed by atoms with Crippen molar-refractivity contribution in [1.82, 2.24) is 5.32 Å². The molecule has 2 rings (SSSR count). The van der Waals surface area contributed by atoms with Crippen LogP contribution in [0.25, 0.3) is 0 Å². The molecule has 2 aromatic carbocycles. The van der Waals surface area contributed by atoms with Crippen molar-refractivity contribution in [2.45, 2.75) is 36.6 Å². The summed E-state index contributed by atoms with van der Waals surface area (Å²) in [5.41, 5.74) is 0.807. The maximum Gasteiger partial charge on any atom is 0.387 e. The van der Waals surface area contributed by atoms with Gasteiger partial charge < -0.3 is 14.8 Å². The number of carbonyl (C=O) groups is 1. The highest BCUT2D eigenvalue weighted by molar-refractivity contribution is 8.00. The lowest BCUT2D eigenvalue weighted by atomic mass is 10.1. The fourth-order valence-corrected chi connectivity index (χ4v) is 3.14. The van der Waals surface area contributed by atoms with Crippen LogP contribution in [0.5, 0.6) is 11.5 Å². The average molecular weight is 381 g/mol. The first-order valence-corrected chi connectivity index (χ1v) is 8.93. The molecule has 0 fully saturated rings. The average Bonchev–Trinajstić information content (AvgIpc) is 2.62. The number of rotatable bonds is 8. The van der Waals surface area contributed by atoms with Crippen molar-refractivity contribution < 1.29 is 23.0 Å². The van der Waals surface area contributed by atoms with E-state index < -0.39 is 6.61 Å². The van der Waals surface area contributed by atoms with E-state index in [2.05, 4.69) is 10.1 Å². The fourth-order valence-electron chi connectivity index (χ4n) is 2.26. The maximum absolute atomic E-state index is 12.4. The number of benzene rings is 2. The predicted molar refractivity (Wildman–Crippen MR) is 97.9 cm³/mol. The van der Waals surface area contributed by atoms with Gasteiger partial charge in [-0.1, -0.05) is 12.1 Å². The first-order valence-electron chi connectivity index (χ1n) is 8.05. The Balaban J connectivity index is 1.90. The summed E-state index contributed by atoms with van der Waals surface area (Å²) < 4.78 is 33.8. The number of carbonyl (C=O) groups excluding carboxylic acids is 1. The zero-order valence-electron chi connectivity index (χ0n) is 14.7. The molecule has 140 valence electrons. The second-order valence-corrected chi connectivity index (χ2v) is 7.03. The second kappa shape index (κ2) is 9.43. The van der Waals surface area contributed by atoms with Gasteiger partial charge in [0, 0.05) is 4.90 Å². The Bertz CT molecular complexity index is 708. The summed E-state index contributed by atoms with van der Waals surface area (Å²) >= 11 is 1.45. The van der Waals surface area contributed by atoms with Crippen LogP contribution in [0.2, 0.25) is 0 Å². The minimum Gasteiger partial charge on any atom is -0.497 e. The van der Waals surface area contributed by atoms with Gasteiger partial charge in [0.25, 0.3) is 0 Å². The number of nitrogens with one attached hydrogen (secondary N) is 1. The molecule has 0 heterocycles. The van der Waals surface area contributed by atoms with Crippen LogP contribution in [-0.2, 0) is 4.79 Å². The molecule has 1 N–H and O–H groups in total. The Labute approximate surface area is 155 Å². The normalized spacial score (nSPS) is 13.2. The zero-order valence-corrected chi connectivity index (χ0v) is 15.6. The van der Waals surface area contributed by atoms with Gasteiger partial charge in [-0.2, -0.15) is 8.78 Å². The molecule has 0 saturated carbocycles. The summed E-state index contributed by atoms with van der Waals surface area (Å²) in [5.74, 6) is 0.747. The molecule has 1 amide bonds. The van der Waals surface area contributed by atoms with Crippen LogP contribution in [0.15, 0.2) is 53.4 Å². The molecule has 0 aliphatic carbocycles. The molecule has 0 aliphatic rings. The van der Waals surface area contributed by atoms with Gasteiger partial charge in [-0.25, -0.2) is 0 Å². The van der Waals surface area contributed by atoms with Gasteiger partial charge in [0.15, 0.2) is 0 Å². The lowest BCUT2D eigenvalue weighted by molar-refractivity contribution is -0.120. The molecule has 2 aromatic rings. The number of halogens is 2. The lowest BCUT2D eigenvalue weighted by Gasteiger charge is -2.18. The third-order valence-corrected chi connectivity index (χ3v) is 4.82. The van der Waals surface area contributed by atoms with Gasteiger partial charge in [-0.05, 0) is 55.8 Å². The van der Waals surface area contributed by atoms with E-state index in [-0.39, 0.29) is 22.9 Å². The van der Waals surface area contributed by atoms with Gasteiger partial charge in [0.1, 0.15) is 11.5 Å². The van der Waals surface area contributed by atoms with Crippen LogP contribution in [0.4, 0.5) is 8.78 Å². The van der Waals surface area contributed by atoms with Crippen LogP contribution in [0, 0.1) is 0 Å².